The molecule has 0 unspecified atom stereocenters. The van der Waals surface area contributed by atoms with E-state index in [0.29, 0.717) is 6.04 Å². The average molecular weight is 205 g/mol. The van der Waals surface area contributed by atoms with Crippen molar-refractivity contribution < 1.29 is 0 Å². The van der Waals surface area contributed by atoms with Crippen LogP contribution in [0.3, 0.4) is 0 Å². The molecule has 0 saturated heterocycles. The lowest BCUT2D eigenvalue weighted by Gasteiger charge is -2.24. The molecule has 0 amide bonds. The molecular weight excluding hydrogens is 186 g/mol. The Balaban J connectivity index is 2.05. The third-order valence-corrected chi connectivity index (χ3v) is 3.01. The summed E-state index contributed by atoms with van der Waals surface area (Å²) in [4.78, 5) is 4.43. The maximum atomic E-state index is 5.88. The van der Waals surface area contributed by atoms with Crippen LogP contribution >= 0.6 is 0 Å². The molecule has 82 valence electrons. The zero-order valence-electron chi connectivity index (χ0n) is 9.29. The average Bonchev–Trinajstić information content (AvgIpc) is 2.25. The first-order valence-corrected chi connectivity index (χ1v) is 5.75. The smallest absolute Gasteiger partial charge is 0.149 e. The van der Waals surface area contributed by atoms with Crippen LogP contribution in [0.1, 0.15) is 37.8 Å². The highest BCUT2D eigenvalue weighted by molar-refractivity contribution is 5.61. The molecule has 0 bridgehead atoms. The van der Waals surface area contributed by atoms with Gasteiger partial charge in [-0.3, -0.25) is 0 Å². The third-order valence-electron chi connectivity index (χ3n) is 3.01. The van der Waals surface area contributed by atoms with Gasteiger partial charge in [0.05, 0.1) is 5.69 Å². The summed E-state index contributed by atoms with van der Waals surface area (Å²) in [6, 6.07) is 4.44. The molecule has 3 N–H and O–H groups in total. The predicted molar refractivity (Wildman–Crippen MR) is 63.9 cm³/mol. The third kappa shape index (κ3) is 2.61. The number of nitrogens with one attached hydrogen (secondary N) is 1. The molecule has 0 atom stereocenters. The maximum absolute atomic E-state index is 5.88. The lowest BCUT2D eigenvalue weighted by atomic mass is 9.95. The van der Waals surface area contributed by atoms with E-state index in [4.69, 9.17) is 5.73 Å². The Morgan fingerprint density at radius 3 is 2.73 bits per heavy atom. The Morgan fingerprint density at radius 2 is 2.00 bits per heavy atom. The number of hydrogen-bond donors (Lipinski definition) is 2. The van der Waals surface area contributed by atoms with Gasteiger partial charge in [-0.2, -0.15) is 0 Å². The summed E-state index contributed by atoms with van der Waals surface area (Å²) in [6.07, 6.45) is 6.51. The van der Waals surface area contributed by atoms with Crippen LogP contribution in [0, 0.1) is 6.92 Å². The van der Waals surface area contributed by atoms with Crippen LogP contribution in [0.4, 0.5) is 11.5 Å². The van der Waals surface area contributed by atoms with Gasteiger partial charge in [0.15, 0.2) is 0 Å². The minimum absolute atomic E-state index is 0.565. The largest absolute Gasteiger partial charge is 0.396 e. The zero-order chi connectivity index (χ0) is 10.7. The van der Waals surface area contributed by atoms with Crippen LogP contribution in [0.2, 0.25) is 0 Å². The van der Waals surface area contributed by atoms with E-state index in [1.54, 1.807) is 0 Å². The fourth-order valence-electron chi connectivity index (χ4n) is 2.12. The molecule has 3 nitrogen and oxygen atoms in total. The highest BCUT2D eigenvalue weighted by Crippen LogP contribution is 2.23. The lowest BCUT2D eigenvalue weighted by Crippen LogP contribution is -2.23. The number of nitrogen functional groups attached to an aromatic ring is 1. The molecule has 1 fully saturated rings. The molecule has 0 aromatic carbocycles. The molecule has 1 aliphatic rings. The van der Waals surface area contributed by atoms with Gasteiger partial charge in [0.25, 0.3) is 0 Å². The Kier molecular flexibility index (Phi) is 3.09. The molecule has 1 aliphatic carbocycles. The Hall–Kier alpha value is -1.25. The van der Waals surface area contributed by atoms with Crippen molar-refractivity contribution in [1.29, 1.82) is 0 Å². The van der Waals surface area contributed by atoms with Gasteiger partial charge in [-0.1, -0.05) is 19.3 Å². The van der Waals surface area contributed by atoms with Crippen LogP contribution in [-0.4, -0.2) is 11.0 Å². The number of rotatable bonds is 2. The number of nitrogens with zero attached hydrogens (tertiary/aromatic N) is 1. The molecule has 15 heavy (non-hydrogen) atoms. The fraction of sp³-hybridized carbons (Fsp3) is 0.583. The van der Waals surface area contributed by atoms with Gasteiger partial charge in [-0.15, -0.1) is 0 Å². The predicted octanol–water partition coefficient (Wildman–Crippen LogP) is 2.72. The highest BCUT2D eigenvalue weighted by atomic mass is 15.0. The van der Waals surface area contributed by atoms with Crippen molar-refractivity contribution in [3.05, 3.63) is 17.8 Å². The monoisotopic (exact) mass is 205 g/mol. The lowest BCUT2D eigenvalue weighted by molar-refractivity contribution is 0.462. The SMILES string of the molecule is Cc1ccc(N)c(NC2CCCCC2)n1. The van der Waals surface area contributed by atoms with Crippen LogP contribution in [0.15, 0.2) is 12.1 Å². The van der Waals surface area contributed by atoms with Gasteiger partial charge >= 0.3 is 0 Å². The van der Waals surface area contributed by atoms with E-state index in [-0.39, 0.29) is 0 Å². The Morgan fingerprint density at radius 1 is 1.27 bits per heavy atom. The van der Waals surface area contributed by atoms with Gasteiger partial charge in [0, 0.05) is 11.7 Å². The molecule has 2 rings (SSSR count). The van der Waals surface area contributed by atoms with E-state index < -0.39 is 0 Å². The van der Waals surface area contributed by atoms with Gasteiger partial charge < -0.3 is 11.1 Å². The highest BCUT2D eigenvalue weighted by Gasteiger charge is 2.14. The molecule has 1 aromatic rings. The number of anilines is 2. The van der Waals surface area contributed by atoms with E-state index in [2.05, 4.69) is 10.3 Å². The molecule has 0 spiro atoms. The minimum Gasteiger partial charge on any atom is -0.396 e. The van der Waals surface area contributed by atoms with Crippen molar-refractivity contribution in [2.75, 3.05) is 11.1 Å². The normalized spacial score (nSPS) is 17.7. The van der Waals surface area contributed by atoms with E-state index in [1.807, 2.05) is 19.1 Å². The van der Waals surface area contributed by atoms with Crippen LogP contribution < -0.4 is 11.1 Å². The molecule has 3 heteroatoms. The first kappa shape index (κ1) is 10.3. The number of nitrogens with two attached hydrogens (primary N) is 1. The minimum atomic E-state index is 0.565. The number of hydrogen-bond acceptors (Lipinski definition) is 3. The van der Waals surface area contributed by atoms with Gasteiger partial charge in [0.2, 0.25) is 0 Å². The number of aromatic nitrogens is 1. The van der Waals surface area contributed by atoms with E-state index in [0.717, 1.165) is 17.2 Å². The summed E-state index contributed by atoms with van der Waals surface area (Å²) in [5, 5.41) is 3.45. The topological polar surface area (TPSA) is 50.9 Å². The van der Waals surface area contributed by atoms with Crippen molar-refractivity contribution in [2.45, 2.75) is 45.1 Å². The summed E-state index contributed by atoms with van der Waals surface area (Å²) in [7, 11) is 0. The van der Waals surface area contributed by atoms with Crippen LogP contribution in [0.25, 0.3) is 0 Å². The van der Waals surface area contributed by atoms with E-state index >= 15 is 0 Å². The standard InChI is InChI=1S/C12H19N3/c1-9-7-8-11(13)12(14-9)15-10-5-3-2-4-6-10/h7-8,10H,2-6,13H2,1H3,(H,14,15). The molecular formula is C12H19N3. The van der Waals surface area contributed by atoms with Crippen molar-refractivity contribution in [2.24, 2.45) is 0 Å². The second-order valence-corrected chi connectivity index (χ2v) is 4.37. The molecule has 0 aliphatic heterocycles. The first-order valence-electron chi connectivity index (χ1n) is 5.75. The second kappa shape index (κ2) is 4.51. The summed E-state index contributed by atoms with van der Waals surface area (Å²) in [5.41, 5.74) is 7.65. The van der Waals surface area contributed by atoms with Gasteiger partial charge in [0.1, 0.15) is 5.82 Å². The van der Waals surface area contributed by atoms with Crippen LogP contribution in [-0.2, 0) is 0 Å². The summed E-state index contributed by atoms with van der Waals surface area (Å²) in [6.45, 7) is 1.99. The Labute approximate surface area is 91.1 Å². The first-order chi connectivity index (χ1) is 7.25. The summed E-state index contributed by atoms with van der Waals surface area (Å²) >= 11 is 0. The molecule has 1 heterocycles. The van der Waals surface area contributed by atoms with Crippen molar-refractivity contribution in [1.82, 2.24) is 4.98 Å². The summed E-state index contributed by atoms with van der Waals surface area (Å²) < 4.78 is 0. The van der Waals surface area contributed by atoms with Crippen LogP contribution in [0.5, 0.6) is 0 Å². The molecule has 1 aromatic heterocycles. The molecule has 1 saturated carbocycles. The summed E-state index contributed by atoms with van der Waals surface area (Å²) in [5.74, 6) is 0.863. The maximum Gasteiger partial charge on any atom is 0.149 e. The number of pyridine rings is 1. The van der Waals surface area contributed by atoms with Gasteiger partial charge in [-0.05, 0) is 31.9 Å². The number of aryl methyl sites for hydroxylation is 1. The fourth-order valence-corrected chi connectivity index (χ4v) is 2.12. The Bertz CT molecular complexity index is 330. The quantitative estimate of drug-likeness (QED) is 0.780. The van der Waals surface area contributed by atoms with Gasteiger partial charge in [-0.25, -0.2) is 4.98 Å². The molecule has 0 radical (unpaired) electrons. The van der Waals surface area contributed by atoms with Crippen molar-refractivity contribution in [3.63, 3.8) is 0 Å². The zero-order valence-corrected chi connectivity index (χ0v) is 9.29. The van der Waals surface area contributed by atoms with Crippen molar-refractivity contribution in [3.8, 4) is 0 Å². The second-order valence-electron chi connectivity index (χ2n) is 4.37. The van der Waals surface area contributed by atoms with E-state index in [9.17, 15) is 0 Å². The van der Waals surface area contributed by atoms with Crippen molar-refractivity contribution >= 4 is 11.5 Å². The van der Waals surface area contributed by atoms with E-state index in [1.165, 1.54) is 32.1 Å².